The van der Waals surface area contributed by atoms with Gasteiger partial charge in [0.05, 0.1) is 4.90 Å². The number of nitrogens with one attached hydrogen (secondary N) is 2. The van der Waals surface area contributed by atoms with Gasteiger partial charge in [-0.05, 0) is 49.9 Å². The number of nitrogens with zero attached hydrogens (tertiary/aromatic N) is 1. The van der Waals surface area contributed by atoms with Crippen molar-refractivity contribution in [1.29, 1.82) is 0 Å². The average Bonchev–Trinajstić information content (AvgIpc) is 3.12. The van der Waals surface area contributed by atoms with Crippen LogP contribution in [0.4, 0.5) is 4.79 Å². The van der Waals surface area contributed by atoms with Gasteiger partial charge in [-0.25, -0.2) is 13.2 Å². The molecule has 1 aromatic rings. The predicted octanol–water partition coefficient (Wildman–Crippen LogP) is 5.18. The van der Waals surface area contributed by atoms with E-state index in [-0.39, 0.29) is 37.9 Å². The van der Waals surface area contributed by atoms with Crippen molar-refractivity contribution in [1.82, 2.24) is 14.9 Å². The Morgan fingerprint density at radius 1 is 0.967 bits per heavy atom. The molecule has 1 heterocycles. The Balaban J connectivity index is 0.00000225. The summed E-state index contributed by atoms with van der Waals surface area (Å²) in [5.74, 6) is 0. The summed E-state index contributed by atoms with van der Waals surface area (Å²) < 4.78 is 27.4. The smallest absolute Gasteiger partial charge is 0.315 e. The molecule has 1 saturated heterocycles. The van der Waals surface area contributed by atoms with E-state index in [4.69, 9.17) is 11.6 Å². The average molecular weight is 460 g/mol. The third-order valence-corrected chi connectivity index (χ3v) is 7.90. The first-order chi connectivity index (χ1) is 13.5. The quantitative estimate of drug-likeness (QED) is 0.636. The molecule has 1 unspecified atom stereocenters. The van der Waals surface area contributed by atoms with E-state index in [0.29, 0.717) is 18.1 Å². The SMILES string of the molecule is C.C.O=C(NCC1CCCN1S(=O)(=O)c1ccc(Cl)cc1)NC1CCCCCCC1. The number of hydrogen-bond donors (Lipinski definition) is 2. The number of benzene rings is 1. The molecule has 0 radical (unpaired) electrons. The second kappa shape index (κ2) is 12.5. The van der Waals surface area contributed by atoms with Crippen molar-refractivity contribution in [3.05, 3.63) is 29.3 Å². The number of amides is 2. The van der Waals surface area contributed by atoms with Gasteiger partial charge in [-0.2, -0.15) is 4.31 Å². The zero-order valence-corrected chi connectivity index (χ0v) is 17.8. The van der Waals surface area contributed by atoms with Crippen LogP contribution in [0.1, 0.15) is 72.6 Å². The molecule has 8 heteroatoms. The van der Waals surface area contributed by atoms with Crippen LogP contribution in [0.15, 0.2) is 29.2 Å². The zero-order chi connectivity index (χ0) is 20.0. The number of rotatable bonds is 5. The molecule has 1 atom stereocenters. The fourth-order valence-electron chi connectivity index (χ4n) is 4.12. The van der Waals surface area contributed by atoms with E-state index in [1.165, 1.54) is 35.7 Å². The number of urea groups is 1. The number of carbonyl (C=O) groups is 1. The molecule has 1 saturated carbocycles. The first-order valence-electron chi connectivity index (χ1n) is 10.3. The van der Waals surface area contributed by atoms with Crippen molar-refractivity contribution in [3.8, 4) is 0 Å². The maximum absolute atomic E-state index is 12.9. The summed E-state index contributed by atoms with van der Waals surface area (Å²) in [4.78, 5) is 12.6. The van der Waals surface area contributed by atoms with Gasteiger partial charge < -0.3 is 10.6 Å². The minimum atomic E-state index is -3.59. The van der Waals surface area contributed by atoms with Crippen LogP contribution in [0.3, 0.4) is 0 Å². The highest BCUT2D eigenvalue weighted by atomic mass is 35.5. The van der Waals surface area contributed by atoms with Gasteiger partial charge in [0, 0.05) is 30.2 Å². The van der Waals surface area contributed by atoms with Gasteiger partial charge in [0.1, 0.15) is 0 Å². The van der Waals surface area contributed by atoms with Crippen molar-refractivity contribution in [3.63, 3.8) is 0 Å². The minimum Gasteiger partial charge on any atom is -0.337 e. The highest BCUT2D eigenvalue weighted by Gasteiger charge is 2.35. The lowest BCUT2D eigenvalue weighted by molar-refractivity contribution is 0.231. The van der Waals surface area contributed by atoms with E-state index in [1.807, 2.05) is 0 Å². The summed E-state index contributed by atoms with van der Waals surface area (Å²) in [6.07, 6.45) is 9.65. The fraction of sp³-hybridized carbons (Fsp3) is 0.682. The molecule has 0 aromatic heterocycles. The van der Waals surface area contributed by atoms with E-state index >= 15 is 0 Å². The summed E-state index contributed by atoms with van der Waals surface area (Å²) >= 11 is 5.87. The van der Waals surface area contributed by atoms with Gasteiger partial charge in [-0.15, -0.1) is 0 Å². The van der Waals surface area contributed by atoms with Crippen LogP contribution in [0.5, 0.6) is 0 Å². The van der Waals surface area contributed by atoms with Gasteiger partial charge in [0.15, 0.2) is 0 Å². The summed E-state index contributed by atoms with van der Waals surface area (Å²) in [7, 11) is -3.59. The molecule has 2 N–H and O–H groups in total. The summed E-state index contributed by atoms with van der Waals surface area (Å²) in [5.41, 5.74) is 0. The molecule has 6 nitrogen and oxygen atoms in total. The molecule has 1 aliphatic carbocycles. The summed E-state index contributed by atoms with van der Waals surface area (Å²) in [6, 6.07) is 6.03. The second-order valence-corrected chi connectivity index (χ2v) is 10.1. The molecular formula is C22H38ClN3O3S. The van der Waals surface area contributed by atoms with Crippen molar-refractivity contribution >= 4 is 27.7 Å². The molecule has 2 aliphatic rings. The number of halogens is 1. The Hall–Kier alpha value is -1.31. The maximum Gasteiger partial charge on any atom is 0.315 e. The molecule has 2 fully saturated rings. The summed E-state index contributed by atoms with van der Waals surface area (Å²) in [6.45, 7) is 0.799. The largest absolute Gasteiger partial charge is 0.337 e. The molecule has 0 bridgehead atoms. The number of sulfonamides is 1. The molecule has 0 spiro atoms. The van der Waals surface area contributed by atoms with Gasteiger partial charge >= 0.3 is 6.03 Å². The standard InChI is InChI=1S/C20H30ClN3O3S.2CH4/c21-16-10-12-19(13-11-16)28(26,27)24-14-6-9-18(24)15-22-20(25)23-17-7-4-2-1-3-5-8-17;;/h10-13,17-18H,1-9,14-15H2,(H2,22,23,25);2*1H4. The summed E-state index contributed by atoms with van der Waals surface area (Å²) in [5, 5.41) is 6.47. The van der Waals surface area contributed by atoms with E-state index < -0.39 is 10.0 Å². The molecule has 172 valence electrons. The third kappa shape index (κ3) is 7.13. The lowest BCUT2D eigenvalue weighted by Gasteiger charge is -2.25. The van der Waals surface area contributed by atoms with Crippen molar-refractivity contribution in [2.24, 2.45) is 0 Å². The highest BCUT2D eigenvalue weighted by molar-refractivity contribution is 7.89. The van der Waals surface area contributed by atoms with E-state index in [2.05, 4.69) is 10.6 Å². The van der Waals surface area contributed by atoms with Crippen molar-refractivity contribution < 1.29 is 13.2 Å². The van der Waals surface area contributed by atoms with E-state index in [9.17, 15) is 13.2 Å². The van der Waals surface area contributed by atoms with Gasteiger partial charge in [-0.1, -0.05) is 58.6 Å². The van der Waals surface area contributed by atoms with E-state index in [1.54, 1.807) is 12.1 Å². The Bertz CT molecular complexity index is 747. The van der Waals surface area contributed by atoms with Gasteiger partial charge in [0.2, 0.25) is 10.0 Å². The van der Waals surface area contributed by atoms with Crippen molar-refractivity contribution in [2.45, 2.75) is 89.6 Å². The maximum atomic E-state index is 12.9. The molecule has 1 aromatic carbocycles. The molecule has 3 rings (SSSR count). The Labute approximate surface area is 187 Å². The van der Waals surface area contributed by atoms with Crippen LogP contribution in [0, 0.1) is 0 Å². The Morgan fingerprint density at radius 2 is 1.57 bits per heavy atom. The first kappa shape index (κ1) is 26.7. The molecule has 30 heavy (non-hydrogen) atoms. The zero-order valence-electron chi connectivity index (χ0n) is 16.2. The topological polar surface area (TPSA) is 78.5 Å². The normalized spacial score (nSPS) is 20.9. The lowest BCUT2D eigenvalue weighted by Crippen LogP contribution is -2.48. The Kier molecular flexibility index (Phi) is 11.2. The van der Waals surface area contributed by atoms with Gasteiger partial charge in [0.25, 0.3) is 0 Å². The van der Waals surface area contributed by atoms with Crippen LogP contribution >= 0.6 is 11.6 Å². The molecule has 2 amide bonds. The van der Waals surface area contributed by atoms with Crippen LogP contribution in [-0.4, -0.2) is 43.9 Å². The van der Waals surface area contributed by atoms with Crippen molar-refractivity contribution in [2.75, 3.05) is 13.1 Å². The van der Waals surface area contributed by atoms with Crippen LogP contribution < -0.4 is 10.6 Å². The number of hydrogen-bond acceptors (Lipinski definition) is 3. The molecule has 1 aliphatic heterocycles. The van der Waals surface area contributed by atoms with Crippen LogP contribution in [-0.2, 0) is 10.0 Å². The lowest BCUT2D eigenvalue weighted by atomic mass is 9.97. The van der Waals surface area contributed by atoms with Gasteiger partial charge in [-0.3, -0.25) is 0 Å². The van der Waals surface area contributed by atoms with E-state index in [0.717, 1.165) is 38.5 Å². The predicted molar refractivity (Wildman–Crippen MR) is 124 cm³/mol. The molecular weight excluding hydrogens is 422 g/mol. The minimum absolute atomic E-state index is 0. The number of carbonyl (C=O) groups excluding carboxylic acids is 1. The second-order valence-electron chi connectivity index (χ2n) is 7.76. The van der Waals surface area contributed by atoms with Crippen LogP contribution in [0.25, 0.3) is 0 Å². The highest BCUT2D eigenvalue weighted by Crippen LogP contribution is 2.26. The first-order valence-corrected chi connectivity index (χ1v) is 12.1. The third-order valence-electron chi connectivity index (χ3n) is 5.68. The van der Waals surface area contributed by atoms with Crippen LogP contribution in [0.2, 0.25) is 5.02 Å². The monoisotopic (exact) mass is 459 g/mol. The fourth-order valence-corrected chi connectivity index (χ4v) is 5.94. The Morgan fingerprint density at radius 3 is 2.20 bits per heavy atom.